The van der Waals surface area contributed by atoms with Crippen LogP contribution in [0.4, 0.5) is 0 Å². The van der Waals surface area contributed by atoms with Crippen LogP contribution < -0.4 is 4.74 Å². The summed E-state index contributed by atoms with van der Waals surface area (Å²) in [5, 5.41) is 0.500. The van der Waals surface area contributed by atoms with Crippen LogP contribution in [0.5, 0.6) is 5.75 Å². The molecule has 0 saturated carbocycles. The van der Waals surface area contributed by atoms with E-state index in [1.54, 1.807) is 30.5 Å². The Labute approximate surface area is 110 Å². The first-order valence-corrected chi connectivity index (χ1v) is 5.79. The highest BCUT2D eigenvalue weighted by Crippen LogP contribution is 2.25. The minimum absolute atomic E-state index is 0.148. The summed E-state index contributed by atoms with van der Waals surface area (Å²) in [6.45, 7) is 1.89. The maximum Gasteiger partial charge on any atom is 0.198 e. The van der Waals surface area contributed by atoms with Crippen LogP contribution in [-0.2, 0) is 0 Å². The second-order valence-electron chi connectivity index (χ2n) is 3.92. The Bertz CT molecular complexity index is 596. The van der Waals surface area contributed by atoms with E-state index in [1.807, 2.05) is 6.92 Å². The van der Waals surface area contributed by atoms with E-state index < -0.39 is 0 Å². The van der Waals surface area contributed by atoms with Crippen molar-refractivity contribution in [1.82, 2.24) is 4.98 Å². The molecule has 2 aromatic rings. The molecule has 0 saturated heterocycles. The van der Waals surface area contributed by atoms with Gasteiger partial charge in [-0.25, -0.2) is 0 Å². The molecule has 4 heteroatoms. The number of aryl methyl sites for hydroxylation is 1. The average molecular weight is 262 g/mol. The topological polar surface area (TPSA) is 39.2 Å². The molecule has 0 radical (unpaired) electrons. The Morgan fingerprint density at radius 2 is 2.06 bits per heavy atom. The molecule has 0 atom stereocenters. The molecule has 0 aliphatic heterocycles. The first-order chi connectivity index (χ1) is 8.61. The SMILES string of the molecule is COc1ccc(Cl)cc1C(=O)c1cncc(C)c1. The monoisotopic (exact) mass is 261 g/mol. The Morgan fingerprint density at radius 3 is 2.72 bits per heavy atom. The van der Waals surface area contributed by atoms with Crippen molar-refractivity contribution in [3.8, 4) is 5.75 Å². The number of ether oxygens (including phenoxy) is 1. The molecule has 0 unspecified atom stereocenters. The summed E-state index contributed by atoms with van der Waals surface area (Å²) in [5.74, 6) is 0.358. The number of nitrogens with zero attached hydrogens (tertiary/aromatic N) is 1. The van der Waals surface area contributed by atoms with Gasteiger partial charge in [-0.3, -0.25) is 9.78 Å². The quantitative estimate of drug-likeness (QED) is 0.796. The maximum absolute atomic E-state index is 12.4. The van der Waals surface area contributed by atoms with Crippen molar-refractivity contribution >= 4 is 17.4 Å². The van der Waals surface area contributed by atoms with Gasteiger partial charge in [-0.2, -0.15) is 0 Å². The zero-order valence-electron chi connectivity index (χ0n) is 10.1. The maximum atomic E-state index is 12.4. The molecule has 1 aromatic carbocycles. The lowest BCUT2D eigenvalue weighted by Gasteiger charge is -2.08. The summed E-state index contributed by atoms with van der Waals surface area (Å²) in [4.78, 5) is 16.4. The Kier molecular flexibility index (Phi) is 3.63. The number of pyridine rings is 1. The van der Waals surface area contributed by atoms with Crippen molar-refractivity contribution in [2.45, 2.75) is 6.92 Å². The van der Waals surface area contributed by atoms with Crippen LogP contribution in [0.15, 0.2) is 36.7 Å². The molecule has 0 bridgehead atoms. The lowest BCUT2D eigenvalue weighted by Crippen LogP contribution is -2.04. The highest BCUT2D eigenvalue weighted by atomic mass is 35.5. The summed E-state index contributed by atoms with van der Waals surface area (Å²) in [5.41, 5.74) is 1.90. The fourth-order valence-corrected chi connectivity index (χ4v) is 1.86. The van der Waals surface area contributed by atoms with Crippen molar-refractivity contribution in [3.63, 3.8) is 0 Å². The third-order valence-corrected chi connectivity index (χ3v) is 2.78. The van der Waals surface area contributed by atoms with Gasteiger partial charge in [-0.1, -0.05) is 11.6 Å². The van der Waals surface area contributed by atoms with Gasteiger partial charge in [0.25, 0.3) is 0 Å². The van der Waals surface area contributed by atoms with Gasteiger partial charge >= 0.3 is 0 Å². The van der Waals surface area contributed by atoms with Gasteiger partial charge in [0.1, 0.15) is 5.75 Å². The number of hydrogen-bond donors (Lipinski definition) is 0. The summed E-state index contributed by atoms with van der Waals surface area (Å²) in [6, 6.07) is 6.76. The summed E-state index contributed by atoms with van der Waals surface area (Å²) in [6.07, 6.45) is 3.24. The molecule has 3 nitrogen and oxygen atoms in total. The number of hydrogen-bond acceptors (Lipinski definition) is 3. The van der Waals surface area contributed by atoms with Gasteiger partial charge < -0.3 is 4.74 Å². The third-order valence-electron chi connectivity index (χ3n) is 2.54. The van der Waals surface area contributed by atoms with Crippen LogP contribution in [-0.4, -0.2) is 17.9 Å². The normalized spacial score (nSPS) is 10.2. The summed E-state index contributed by atoms with van der Waals surface area (Å²) >= 11 is 5.91. The number of carbonyl (C=O) groups is 1. The number of benzene rings is 1. The van der Waals surface area contributed by atoms with E-state index in [-0.39, 0.29) is 5.78 Å². The Hall–Kier alpha value is -1.87. The molecule has 18 heavy (non-hydrogen) atoms. The molecule has 1 aromatic heterocycles. The van der Waals surface area contributed by atoms with Crippen LogP contribution in [0.25, 0.3) is 0 Å². The predicted octanol–water partition coefficient (Wildman–Crippen LogP) is 3.28. The lowest BCUT2D eigenvalue weighted by atomic mass is 10.0. The summed E-state index contributed by atoms with van der Waals surface area (Å²) in [7, 11) is 1.52. The number of aromatic nitrogens is 1. The van der Waals surface area contributed by atoms with E-state index in [1.165, 1.54) is 13.3 Å². The number of methoxy groups -OCH3 is 1. The average Bonchev–Trinajstić information content (AvgIpc) is 2.38. The van der Waals surface area contributed by atoms with E-state index >= 15 is 0 Å². The number of rotatable bonds is 3. The molecular formula is C14H12ClNO2. The van der Waals surface area contributed by atoms with E-state index in [9.17, 15) is 4.79 Å². The first-order valence-electron chi connectivity index (χ1n) is 5.41. The van der Waals surface area contributed by atoms with Crippen molar-refractivity contribution in [1.29, 1.82) is 0 Å². The zero-order valence-corrected chi connectivity index (χ0v) is 10.9. The molecule has 92 valence electrons. The number of halogens is 1. The van der Waals surface area contributed by atoms with Gasteiger partial charge in [-0.05, 0) is 36.8 Å². The van der Waals surface area contributed by atoms with E-state index in [2.05, 4.69) is 4.98 Å². The van der Waals surface area contributed by atoms with E-state index in [4.69, 9.17) is 16.3 Å². The lowest BCUT2D eigenvalue weighted by molar-refractivity contribution is 0.103. The molecule has 0 amide bonds. The smallest absolute Gasteiger partial charge is 0.198 e. The minimum atomic E-state index is -0.148. The standard InChI is InChI=1S/C14H12ClNO2/c1-9-5-10(8-16-7-9)14(17)12-6-11(15)3-4-13(12)18-2/h3-8H,1-2H3. The highest BCUT2D eigenvalue weighted by molar-refractivity contribution is 6.31. The number of carbonyl (C=O) groups excluding carboxylic acids is 1. The van der Waals surface area contributed by atoms with E-state index in [0.717, 1.165) is 5.56 Å². The first kappa shape index (κ1) is 12.6. The minimum Gasteiger partial charge on any atom is -0.496 e. The molecule has 2 rings (SSSR count). The fourth-order valence-electron chi connectivity index (χ4n) is 1.69. The molecule has 0 aliphatic carbocycles. The fraction of sp³-hybridized carbons (Fsp3) is 0.143. The second kappa shape index (κ2) is 5.19. The highest BCUT2D eigenvalue weighted by Gasteiger charge is 2.15. The van der Waals surface area contributed by atoms with Gasteiger partial charge in [0.15, 0.2) is 5.78 Å². The third kappa shape index (κ3) is 2.51. The molecule has 0 fully saturated rings. The predicted molar refractivity (Wildman–Crippen MR) is 70.4 cm³/mol. The molecule has 0 aliphatic rings. The van der Waals surface area contributed by atoms with Crippen LogP contribution in [0, 0.1) is 6.92 Å². The second-order valence-corrected chi connectivity index (χ2v) is 4.36. The number of ketones is 1. The molecular weight excluding hydrogens is 250 g/mol. The Balaban J connectivity index is 2.48. The van der Waals surface area contributed by atoms with Gasteiger partial charge in [0.05, 0.1) is 12.7 Å². The van der Waals surface area contributed by atoms with Gasteiger partial charge in [-0.15, -0.1) is 0 Å². The van der Waals surface area contributed by atoms with Crippen LogP contribution in [0.1, 0.15) is 21.5 Å². The summed E-state index contributed by atoms with van der Waals surface area (Å²) < 4.78 is 5.17. The van der Waals surface area contributed by atoms with Gasteiger partial charge in [0, 0.05) is 23.0 Å². The largest absolute Gasteiger partial charge is 0.496 e. The van der Waals surface area contributed by atoms with Crippen LogP contribution in [0.3, 0.4) is 0 Å². The Morgan fingerprint density at radius 1 is 1.28 bits per heavy atom. The molecule has 1 heterocycles. The molecule has 0 N–H and O–H groups in total. The zero-order chi connectivity index (χ0) is 13.1. The van der Waals surface area contributed by atoms with Crippen molar-refractivity contribution in [2.24, 2.45) is 0 Å². The van der Waals surface area contributed by atoms with Crippen LogP contribution >= 0.6 is 11.6 Å². The van der Waals surface area contributed by atoms with E-state index in [0.29, 0.717) is 21.9 Å². The van der Waals surface area contributed by atoms with Gasteiger partial charge in [0.2, 0.25) is 0 Å². The van der Waals surface area contributed by atoms with Crippen molar-refractivity contribution < 1.29 is 9.53 Å². The van der Waals surface area contributed by atoms with Crippen LogP contribution in [0.2, 0.25) is 5.02 Å². The van der Waals surface area contributed by atoms with Crippen molar-refractivity contribution in [3.05, 3.63) is 58.4 Å². The molecule has 0 spiro atoms. The van der Waals surface area contributed by atoms with Crippen molar-refractivity contribution in [2.75, 3.05) is 7.11 Å².